The molecule has 4 heterocycles. The van der Waals surface area contributed by atoms with Gasteiger partial charge in [-0.3, -0.25) is 9.78 Å². The van der Waals surface area contributed by atoms with Crippen LogP contribution in [0.4, 0.5) is 10.1 Å². The minimum Gasteiger partial charge on any atom is -0.370 e. The van der Waals surface area contributed by atoms with E-state index in [0.717, 1.165) is 4.88 Å². The lowest BCUT2D eigenvalue weighted by Crippen LogP contribution is -2.50. The number of nitrogens with zero attached hydrogens (tertiary/aromatic N) is 5. The van der Waals surface area contributed by atoms with Gasteiger partial charge in [0.25, 0.3) is 11.4 Å². The quantitative estimate of drug-likeness (QED) is 0.485. The van der Waals surface area contributed by atoms with Crippen molar-refractivity contribution >= 4 is 43.9 Å². The second-order valence-electron chi connectivity index (χ2n) is 9.24. The van der Waals surface area contributed by atoms with Crippen molar-refractivity contribution in [3.8, 4) is 0 Å². The van der Waals surface area contributed by atoms with Gasteiger partial charge in [-0.2, -0.15) is 4.31 Å². The first-order valence-corrected chi connectivity index (χ1v) is 14.4. The van der Waals surface area contributed by atoms with Crippen LogP contribution in [0.15, 0.2) is 41.9 Å². The summed E-state index contributed by atoms with van der Waals surface area (Å²) in [6.45, 7) is 9.98. The highest BCUT2D eigenvalue weighted by Crippen LogP contribution is 2.42. The molecule has 0 N–H and O–H groups in total. The first-order valence-electron chi connectivity index (χ1n) is 11.7. The molecule has 0 aliphatic carbocycles. The lowest BCUT2D eigenvalue weighted by molar-refractivity contribution is 0.0698. The van der Waals surface area contributed by atoms with Gasteiger partial charge in [0.05, 0.1) is 27.9 Å². The summed E-state index contributed by atoms with van der Waals surface area (Å²) in [6, 6.07) is 8.32. The van der Waals surface area contributed by atoms with Crippen LogP contribution >= 0.6 is 11.3 Å². The number of anilines is 1. The molecule has 11 heteroatoms. The molecule has 2 aliphatic rings. The maximum atomic E-state index is 14.3. The first kappa shape index (κ1) is 24.6. The predicted molar refractivity (Wildman–Crippen MR) is 138 cm³/mol. The first-order chi connectivity index (χ1) is 17.2. The number of pyridine rings is 1. The van der Waals surface area contributed by atoms with Crippen molar-refractivity contribution in [3.05, 3.63) is 69.6 Å². The summed E-state index contributed by atoms with van der Waals surface area (Å²) in [6.07, 6.45) is 3.89. The van der Waals surface area contributed by atoms with E-state index < -0.39 is 21.4 Å². The van der Waals surface area contributed by atoms with Gasteiger partial charge in [-0.1, -0.05) is 6.07 Å². The zero-order valence-corrected chi connectivity index (χ0v) is 21.5. The minimum atomic E-state index is -3.32. The van der Waals surface area contributed by atoms with Crippen molar-refractivity contribution in [2.45, 2.75) is 18.4 Å². The summed E-state index contributed by atoms with van der Waals surface area (Å²) in [5.41, 5.74) is 0.988. The fourth-order valence-corrected chi connectivity index (χ4v) is 6.85. The number of fused-ring (bicyclic) bond motifs is 1. The van der Waals surface area contributed by atoms with E-state index >= 15 is 0 Å². The molecule has 188 valence electrons. The molecule has 36 heavy (non-hydrogen) atoms. The fourth-order valence-electron chi connectivity index (χ4n) is 5.10. The monoisotopic (exact) mass is 527 g/mol. The number of piperazine rings is 1. The summed E-state index contributed by atoms with van der Waals surface area (Å²) < 4.78 is 39.5. The van der Waals surface area contributed by atoms with E-state index in [9.17, 15) is 17.6 Å². The molecule has 8 nitrogen and oxygen atoms in total. The molecule has 5 rings (SSSR count). The van der Waals surface area contributed by atoms with Crippen LogP contribution in [-0.4, -0.2) is 74.0 Å². The van der Waals surface area contributed by atoms with Gasteiger partial charge in [-0.15, -0.1) is 11.3 Å². The summed E-state index contributed by atoms with van der Waals surface area (Å²) in [7, 11) is -3.32. The van der Waals surface area contributed by atoms with Crippen molar-refractivity contribution in [2.75, 3.05) is 50.4 Å². The molecule has 2 saturated heterocycles. The highest BCUT2D eigenvalue weighted by molar-refractivity contribution is 7.88. The van der Waals surface area contributed by atoms with Crippen molar-refractivity contribution < 1.29 is 17.6 Å². The van der Waals surface area contributed by atoms with Crippen LogP contribution < -0.4 is 4.90 Å². The third kappa shape index (κ3) is 4.45. The van der Waals surface area contributed by atoms with E-state index in [0.29, 0.717) is 48.1 Å². The third-order valence-electron chi connectivity index (χ3n) is 7.13. The maximum Gasteiger partial charge on any atom is 0.269 e. The number of piperidine rings is 1. The lowest BCUT2D eigenvalue weighted by Gasteiger charge is -2.37. The molecule has 3 aromatic rings. The predicted octanol–water partition coefficient (Wildman–Crippen LogP) is 3.57. The van der Waals surface area contributed by atoms with E-state index in [1.807, 2.05) is 17.5 Å². The number of amides is 1. The van der Waals surface area contributed by atoms with E-state index in [1.54, 1.807) is 22.3 Å². The number of aromatic nitrogens is 1. The number of thiophene rings is 1. The number of sulfonamides is 1. The molecule has 0 saturated carbocycles. The van der Waals surface area contributed by atoms with Gasteiger partial charge in [-0.25, -0.2) is 19.4 Å². The van der Waals surface area contributed by atoms with E-state index in [4.69, 9.17) is 6.57 Å². The second kappa shape index (κ2) is 9.42. The molecular formula is C25H26FN5O3S2. The Morgan fingerprint density at radius 3 is 2.47 bits per heavy atom. The van der Waals surface area contributed by atoms with Crippen molar-refractivity contribution in [2.24, 2.45) is 0 Å². The number of hydrogen-bond donors (Lipinski definition) is 0. The van der Waals surface area contributed by atoms with Crippen LogP contribution in [0.3, 0.4) is 0 Å². The summed E-state index contributed by atoms with van der Waals surface area (Å²) in [4.78, 5) is 26.9. The SMILES string of the molecule is [C-]#[N+]C1(c2cccs2)CCN(c2c(C(=O)N3CCN(S(C)(=O)=O)CC3)cnc3ccc(F)cc23)CC1. The van der Waals surface area contributed by atoms with E-state index in [1.165, 1.54) is 28.9 Å². The Morgan fingerprint density at radius 1 is 1.14 bits per heavy atom. The minimum absolute atomic E-state index is 0.230. The zero-order chi connectivity index (χ0) is 25.5. The van der Waals surface area contributed by atoms with Gasteiger partial charge in [0.15, 0.2) is 0 Å². The van der Waals surface area contributed by atoms with E-state index in [-0.39, 0.29) is 32.1 Å². The van der Waals surface area contributed by atoms with Gasteiger partial charge in [0, 0.05) is 63.7 Å². The Bertz CT molecular complexity index is 1440. The van der Waals surface area contributed by atoms with Crippen LogP contribution in [0.25, 0.3) is 15.7 Å². The number of halogens is 1. The van der Waals surface area contributed by atoms with E-state index in [2.05, 4.69) is 14.7 Å². The molecule has 0 bridgehead atoms. The van der Waals surface area contributed by atoms with Crippen LogP contribution in [0, 0.1) is 12.4 Å². The third-order valence-corrected chi connectivity index (χ3v) is 9.49. The molecule has 0 atom stereocenters. The van der Waals surface area contributed by atoms with Crippen molar-refractivity contribution in [1.82, 2.24) is 14.2 Å². The van der Waals surface area contributed by atoms with Crippen LogP contribution in [0.5, 0.6) is 0 Å². The summed E-state index contributed by atoms with van der Waals surface area (Å²) >= 11 is 1.58. The molecule has 0 radical (unpaired) electrons. The lowest BCUT2D eigenvalue weighted by atomic mass is 9.86. The standard InChI is InChI=1S/C25H26FN5O3S2/c1-27-25(22-4-3-15-35-22)7-9-29(10-8-25)23-19-16-18(26)5-6-21(19)28-17-20(23)24(32)30-11-13-31(14-12-30)36(2,33)34/h3-6,15-17H,7-14H2,2H3. The average molecular weight is 528 g/mol. The molecule has 0 spiro atoms. The highest BCUT2D eigenvalue weighted by Gasteiger charge is 2.44. The topological polar surface area (TPSA) is 78.2 Å². The van der Waals surface area contributed by atoms with Gasteiger partial charge >= 0.3 is 0 Å². The van der Waals surface area contributed by atoms with Crippen molar-refractivity contribution in [1.29, 1.82) is 0 Å². The summed E-state index contributed by atoms with van der Waals surface area (Å²) in [5, 5.41) is 2.54. The van der Waals surface area contributed by atoms with Gasteiger partial charge in [0.2, 0.25) is 10.0 Å². The Balaban J connectivity index is 1.48. The summed E-state index contributed by atoms with van der Waals surface area (Å²) in [5.74, 6) is -0.667. The maximum absolute atomic E-state index is 14.3. The Labute approximate surface area is 213 Å². The molecule has 2 aliphatic heterocycles. The highest BCUT2D eigenvalue weighted by atomic mass is 32.2. The second-order valence-corrected chi connectivity index (χ2v) is 12.2. The molecule has 2 aromatic heterocycles. The average Bonchev–Trinajstić information content (AvgIpc) is 3.43. The number of carbonyl (C=O) groups is 1. The van der Waals surface area contributed by atoms with Crippen LogP contribution in [0.2, 0.25) is 0 Å². The largest absolute Gasteiger partial charge is 0.370 e. The molecule has 1 aromatic carbocycles. The van der Waals surface area contributed by atoms with Gasteiger partial charge in [-0.05, 0) is 29.6 Å². The van der Waals surface area contributed by atoms with Crippen LogP contribution in [0.1, 0.15) is 28.1 Å². The Kier molecular flexibility index (Phi) is 6.44. The number of benzene rings is 1. The molecule has 1 amide bonds. The normalized spacial score (nSPS) is 18.8. The van der Waals surface area contributed by atoms with Crippen LogP contribution in [-0.2, 0) is 15.6 Å². The zero-order valence-electron chi connectivity index (χ0n) is 19.9. The fraction of sp³-hybridized carbons (Fsp3) is 0.400. The Morgan fingerprint density at radius 2 is 1.86 bits per heavy atom. The molecule has 2 fully saturated rings. The number of rotatable bonds is 4. The Hall–Kier alpha value is -3.07. The number of hydrogen-bond acceptors (Lipinski definition) is 6. The van der Waals surface area contributed by atoms with Gasteiger partial charge in [0.1, 0.15) is 5.82 Å². The van der Waals surface area contributed by atoms with Gasteiger partial charge < -0.3 is 14.6 Å². The molecular weight excluding hydrogens is 501 g/mol. The smallest absolute Gasteiger partial charge is 0.269 e. The molecule has 0 unspecified atom stereocenters. The van der Waals surface area contributed by atoms with Crippen molar-refractivity contribution in [3.63, 3.8) is 0 Å². The number of carbonyl (C=O) groups excluding carboxylic acids is 1.